The second-order valence-corrected chi connectivity index (χ2v) is 5.02. The number of carboxylic acid groups (broad SMARTS) is 1. The van der Waals surface area contributed by atoms with Crippen molar-refractivity contribution < 1.29 is 32.3 Å². The minimum atomic E-state index is -5.04. The van der Waals surface area contributed by atoms with Gasteiger partial charge in [-0.3, -0.25) is 9.59 Å². The summed E-state index contributed by atoms with van der Waals surface area (Å²) in [4.78, 5) is 23.5. The number of carboxylic acids is 1. The zero-order chi connectivity index (χ0) is 18.8. The maximum atomic E-state index is 13.8. The monoisotopic (exact) mass is 360 g/mol. The van der Waals surface area contributed by atoms with Gasteiger partial charge in [0.25, 0.3) is 5.91 Å². The molecule has 25 heavy (non-hydrogen) atoms. The Morgan fingerprint density at radius 1 is 1.28 bits per heavy atom. The summed E-state index contributed by atoms with van der Waals surface area (Å²) in [7, 11) is 1.13. The van der Waals surface area contributed by atoms with Crippen molar-refractivity contribution in [2.24, 2.45) is 0 Å². The number of hydrogen-bond acceptors (Lipinski definition) is 4. The smallest absolute Gasteiger partial charge is 0.435 e. The van der Waals surface area contributed by atoms with E-state index in [4.69, 9.17) is 5.11 Å². The number of alkyl halides is 3. The fourth-order valence-corrected chi connectivity index (χ4v) is 2.02. The third kappa shape index (κ3) is 3.92. The molecule has 0 saturated heterocycles. The fraction of sp³-hybridized carbons (Fsp3) is 0.286. The molecular weight excluding hydrogens is 348 g/mol. The lowest BCUT2D eigenvalue weighted by molar-refractivity contribution is -0.143. The van der Waals surface area contributed by atoms with Gasteiger partial charge in [-0.1, -0.05) is 17.3 Å². The van der Waals surface area contributed by atoms with Crippen LogP contribution in [0.1, 0.15) is 22.6 Å². The van der Waals surface area contributed by atoms with Crippen LogP contribution in [-0.2, 0) is 11.0 Å². The number of hydrogen-bond donors (Lipinski definition) is 1. The molecular formula is C14H12F4N4O3. The molecule has 0 aliphatic rings. The molecule has 1 N–H and O–H groups in total. The van der Waals surface area contributed by atoms with Gasteiger partial charge in [0.05, 0.1) is 6.42 Å². The Labute approximate surface area is 138 Å². The lowest BCUT2D eigenvalue weighted by Crippen LogP contribution is -2.31. The first-order valence-corrected chi connectivity index (χ1v) is 6.88. The van der Waals surface area contributed by atoms with Crippen LogP contribution in [0, 0.1) is 5.82 Å². The van der Waals surface area contributed by atoms with E-state index in [9.17, 15) is 27.2 Å². The van der Waals surface area contributed by atoms with Crippen LogP contribution in [0.5, 0.6) is 0 Å². The molecule has 11 heteroatoms. The highest BCUT2D eigenvalue weighted by atomic mass is 19.4. The van der Waals surface area contributed by atoms with Crippen LogP contribution in [0.2, 0.25) is 0 Å². The summed E-state index contributed by atoms with van der Waals surface area (Å²) < 4.78 is 54.2. The molecule has 1 heterocycles. The molecule has 0 fully saturated rings. The van der Waals surface area contributed by atoms with Crippen molar-refractivity contribution in [1.82, 2.24) is 19.9 Å². The number of nitrogens with zero attached hydrogens (tertiary/aromatic N) is 4. The first-order chi connectivity index (χ1) is 11.6. The number of carbonyl (C=O) groups is 2. The van der Waals surface area contributed by atoms with Gasteiger partial charge in [0.1, 0.15) is 11.5 Å². The van der Waals surface area contributed by atoms with Crippen molar-refractivity contribution in [3.63, 3.8) is 0 Å². The summed E-state index contributed by atoms with van der Waals surface area (Å²) in [6.45, 7) is -0.321. The standard InChI is InChI=1S/C14H12F4N4O3/c1-21(7-6-10(23)24)13(25)11-12(14(16,17)18)22(20-19-11)9-5-3-2-4-8(9)15/h2-5H,6-7H2,1H3,(H,23,24). The summed E-state index contributed by atoms with van der Waals surface area (Å²) >= 11 is 0. The number of aliphatic carboxylic acids is 1. The Kier molecular flexibility index (Phi) is 5.04. The molecule has 2 aromatic rings. The predicted molar refractivity (Wildman–Crippen MR) is 75.5 cm³/mol. The number of benzene rings is 1. The van der Waals surface area contributed by atoms with Crippen LogP contribution in [0.15, 0.2) is 24.3 Å². The molecule has 1 aromatic carbocycles. The molecule has 1 amide bonds. The van der Waals surface area contributed by atoms with Gasteiger partial charge in [-0.05, 0) is 12.1 Å². The van der Waals surface area contributed by atoms with Crippen molar-refractivity contribution in [1.29, 1.82) is 0 Å². The van der Waals surface area contributed by atoms with Crippen LogP contribution in [0.3, 0.4) is 0 Å². The molecule has 7 nitrogen and oxygen atoms in total. The van der Waals surface area contributed by atoms with Crippen molar-refractivity contribution in [3.8, 4) is 5.69 Å². The van der Waals surface area contributed by atoms with Crippen LogP contribution >= 0.6 is 0 Å². The van der Waals surface area contributed by atoms with E-state index in [0.717, 1.165) is 24.1 Å². The molecule has 0 atom stereocenters. The zero-order valence-electron chi connectivity index (χ0n) is 12.8. The first kappa shape index (κ1) is 18.4. The van der Waals surface area contributed by atoms with E-state index in [1.165, 1.54) is 12.1 Å². The summed E-state index contributed by atoms with van der Waals surface area (Å²) in [6.07, 6.45) is -5.49. The number of aromatic nitrogens is 3. The van der Waals surface area contributed by atoms with Crippen LogP contribution in [-0.4, -0.2) is 50.5 Å². The van der Waals surface area contributed by atoms with Crippen molar-refractivity contribution in [2.45, 2.75) is 12.6 Å². The van der Waals surface area contributed by atoms with Gasteiger partial charge < -0.3 is 10.0 Å². The second kappa shape index (κ2) is 6.87. The molecule has 0 spiro atoms. The van der Waals surface area contributed by atoms with Crippen molar-refractivity contribution in [3.05, 3.63) is 41.5 Å². The molecule has 1 aromatic heterocycles. The van der Waals surface area contributed by atoms with Gasteiger partial charge in [0.15, 0.2) is 11.4 Å². The van der Waals surface area contributed by atoms with Gasteiger partial charge in [-0.15, -0.1) is 5.10 Å². The molecule has 0 saturated carbocycles. The quantitative estimate of drug-likeness (QED) is 0.824. The number of para-hydroxylation sites is 1. The predicted octanol–water partition coefficient (Wildman–Crippen LogP) is 1.97. The molecule has 0 aliphatic heterocycles. The first-order valence-electron chi connectivity index (χ1n) is 6.88. The highest BCUT2D eigenvalue weighted by Gasteiger charge is 2.43. The molecule has 0 bridgehead atoms. The van der Waals surface area contributed by atoms with E-state index in [-0.39, 0.29) is 11.2 Å². The van der Waals surface area contributed by atoms with Crippen LogP contribution in [0.4, 0.5) is 17.6 Å². The Balaban J connectivity index is 2.49. The maximum absolute atomic E-state index is 13.8. The summed E-state index contributed by atoms with van der Waals surface area (Å²) in [6, 6.07) is 4.59. The Hall–Kier alpha value is -2.98. The van der Waals surface area contributed by atoms with Crippen LogP contribution < -0.4 is 0 Å². The highest BCUT2D eigenvalue weighted by Crippen LogP contribution is 2.33. The number of halogens is 4. The molecule has 2 rings (SSSR count). The minimum Gasteiger partial charge on any atom is -0.481 e. The lowest BCUT2D eigenvalue weighted by Gasteiger charge is -2.16. The van der Waals surface area contributed by atoms with Crippen LogP contribution in [0.25, 0.3) is 5.69 Å². The SMILES string of the molecule is CN(CCC(=O)O)C(=O)c1nnn(-c2ccccc2F)c1C(F)(F)F. The third-order valence-electron chi connectivity index (χ3n) is 3.23. The number of rotatable bonds is 5. The van der Waals surface area contributed by atoms with Crippen molar-refractivity contribution in [2.75, 3.05) is 13.6 Å². The molecule has 134 valence electrons. The minimum absolute atomic E-state index is 0.202. The summed E-state index contributed by atoms with van der Waals surface area (Å²) in [5.74, 6) is -3.36. The topological polar surface area (TPSA) is 88.3 Å². The van der Waals surface area contributed by atoms with E-state index in [1.807, 2.05) is 0 Å². The van der Waals surface area contributed by atoms with Gasteiger partial charge in [0.2, 0.25) is 0 Å². The average molecular weight is 360 g/mol. The van der Waals surface area contributed by atoms with E-state index in [2.05, 4.69) is 10.3 Å². The second-order valence-electron chi connectivity index (χ2n) is 5.02. The Morgan fingerprint density at radius 3 is 2.48 bits per heavy atom. The summed E-state index contributed by atoms with van der Waals surface area (Å²) in [5.41, 5.74) is -3.09. The zero-order valence-corrected chi connectivity index (χ0v) is 12.8. The van der Waals surface area contributed by atoms with Gasteiger partial charge in [0, 0.05) is 13.6 Å². The third-order valence-corrected chi connectivity index (χ3v) is 3.23. The number of carbonyl (C=O) groups excluding carboxylic acids is 1. The summed E-state index contributed by atoms with van der Waals surface area (Å²) in [5, 5.41) is 15.1. The Morgan fingerprint density at radius 2 is 1.92 bits per heavy atom. The van der Waals surface area contributed by atoms with Gasteiger partial charge in [-0.2, -0.15) is 13.2 Å². The average Bonchev–Trinajstić information content (AvgIpc) is 2.97. The molecule has 0 aliphatic carbocycles. The van der Waals surface area contributed by atoms with E-state index in [0.29, 0.717) is 0 Å². The fourth-order valence-electron chi connectivity index (χ4n) is 2.02. The van der Waals surface area contributed by atoms with Crippen molar-refractivity contribution >= 4 is 11.9 Å². The van der Waals surface area contributed by atoms with E-state index >= 15 is 0 Å². The largest absolute Gasteiger partial charge is 0.481 e. The molecule has 0 unspecified atom stereocenters. The lowest BCUT2D eigenvalue weighted by atomic mass is 10.2. The number of amides is 1. The molecule has 0 radical (unpaired) electrons. The normalized spacial score (nSPS) is 11.4. The van der Waals surface area contributed by atoms with Gasteiger partial charge >= 0.3 is 12.1 Å². The Bertz CT molecular complexity index is 804. The van der Waals surface area contributed by atoms with Gasteiger partial charge in [-0.25, -0.2) is 9.07 Å². The highest BCUT2D eigenvalue weighted by molar-refractivity contribution is 5.93. The maximum Gasteiger partial charge on any atom is 0.435 e. The van der Waals surface area contributed by atoms with E-state index in [1.54, 1.807) is 0 Å². The van der Waals surface area contributed by atoms with E-state index < -0.39 is 47.4 Å².